The first-order valence-electron chi connectivity index (χ1n) is 15.1. The zero-order valence-electron chi connectivity index (χ0n) is 26.8. The molecule has 0 amide bonds. The summed E-state index contributed by atoms with van der Waals surface area (Å²) in [5.74, 6) is 0.712. The smallest absolute Gasteiger partial charge is 0.224 e. The van der Waals surface area contributed by atoms with Crippen LogP contribution in [0.5, 0.6) is 0 Å². The van der Waals surface area contributed by atoms with Gasteiger partial charge in [-0.15, -0.1) is 0 Å². The molecule has 0 N–H and O–H groups in total. The molecule has 0 aromatic carbocycles. The van der Waals surface area contributed by atoms with Gasteiger partial charge in [0.2, 0.25) is 5.24 Å². The van der Waals surface area contributed by atoms with Crippen molar-refractivity contribution in [2.24, 2.45) is 22.7 Å². The van der Waals surface area contributed by atoms with Crippen LogP contribution in [0.2, 0.25) is 0 Å². The van der Waals surface area contributed by atoms with Crippen LogP contribution in [0.4, 0.5) is 0 Å². The highest BCUT2D eigenvalue weighted by molar-refractivity contribution is 6.63. The van der Waals surface area contributed by atoms with Crippen LogP contribution in [0.25, 0.3) is 0 Å². The third-order valence-corrected chi connectivity index (χ3v) is 8.86. The molecule has 5 nitrogen and oxygen atoms in total. The number of ketones is 3. The van der Waals surface area contributed by atoms with E-state index < -0.39 is 0 Å². The van der Waals surface area contributed by atoms with Crippen LogP contribution in [0, 0.1) is 22.7 Å². The van der Waals surface area contributed by atoms with Gasteiger partial charge in [0, 0.05) is 35.9 Å². The first-order valence-corrected chi connectivity index (χ1v) is 15.4. The minimum atomic E-state index is -0.304. The summed E-state index contributed by atoms with van der Waals surface area (Å²) >= 11 is 5.21. The molecule has 0 aromatic heterocycles. The van der Waals surface area contributed by atoms with Gasteiger partial charge in [0.1, 0.15) is 17.3 Å². The Bertz CT molecular complexity index is 631. The van der Waals surface area contributed by atoms with E-state index >= 15 is 0 Å². The van der Waals surface area contributed by atoms with Gasteiger partial charge in [-0.1, -0.05) is 76.7 Å². The highest BCUT2D eigenvalue weighted by Gasteiger charge is 2.31. The normalized spacial score (nSPS) is 12.7. The van der Waals surface area contributed by atoms with Crippen molar-refractivity contribution in [2.75, 3.05) is 13.2 Å². The molecule has 1 rings (SSSR count). The lowest BCUT2D eigenvalue weighted by Crippen LogP contribution is -2.30. The molecule has 0 aliphatic carbocycles. The molecule has 39 heavy (non-hydrogen) atoms. The standard InChI is InChI=1S/C14H26O2.C8H16O.C6H11ClO.C4H8O.CH4/c1-6-11(7-2)12(15)10-13(16)14(5,8-3)9-4;1-5-8(4,6-2)7(3)9;1-3-5(4-2)6(7)8;1-2-4-5-3-1;/h11H,6-10H2,1-5H3;5-6H2,1-4H3;5H,3-4H2,1-2H3;1-4H2;1H4. The second-order valence-corrected chi connectivity index (χ2v) is 11.2. The highest BCUT2D eigenvalue weighted by Crippen LogP contribution is 2.29. The molecule has 0 atom stereocenters. The van der Waals surface area contributed by atoms with Crippen LogP contribution in [-0.4, -0.2) is 35.8 Å². The Hall–Kier alpha value is -1.07. The Morgan fingerprint density at radius 3 is 1.21 bits per heavy atom. The Balaban J connectivity index is -0.000000226. The van der Waals surface area contributed by atoms with E-state index in [0.717, 1.165) is 64.6 Å². The highest BCUT2D eigenvalue weighted by atomic mass is 35.5. The van der Waals surface area contributed by atoms with Crippen molar-refractivity contribution >= 4 is 34.2 Å². The summed E-state index contributed by atoms with van der Waals surface area (Å²) in [6.07, 6.45) is 9.64. The third-order valence-electron chi connectivity index (χ3n) is 8.55. The number of carbonyl (C=O) groups is 4. The molecule has 0 radical (unpaired) electrons. The molecule has 6 heteroatoms. The SMILES string of the molecule is C.C1CCOC1.CCC(C)(CC)C(C)=O.CCC(CC)C(=O)CC(=O)C(C)(CC)CC.CCC(CC)C(=O)Cl. The van der Waals surface area contributed by atoms with Gasteiger partial charge in [-0.2, -0.15) is 0 Å². The van der Waals surface area contributed by atoms with E-state index in [4.69, 9.17) is 16.3 Å². The van der Waals surface area contributed by atoms with Gasteiger partial charge in [-0.3, -0.25) is 19.2 Å². The molecular formula is C33H65ClO5. The van der Waals surface area contributed by atoms with E-state index in [9.17, 15) is 19.2 Å². The molecule has 0 aromatic rings. The first kappa shape index (κ1) is 44.9. The Kier molecular flexibility index (Phi) is 29.8. The summed E-state index contributed by atoms with van der Waals surface area (Å²) in [6, 6.07) is 0. The topological polar surface area (TPSA) is 77.5 Å². The molecule has 1 aliphatic heterocycles. The van der Waals surface area contributed by atoms with E-state index in [1.807, 2.05) is 55.4 Å². The number of hydrogen-bond acceptors (Lipinski definition) is 5. The molecule has 0 spiro atoms. The van der Waals surface area contributed by atoms with Crippen LogP contribution >= 0.6 is 11.6 Å². The zero-order valence-corrected chi connectivity index (χ0v) is 27.5. The van der Waals surface area contributed by atoms with Crippen LogP contribution in [-0.2, 0) is 23.9 Å². The monoisotopic (exact) mass is 576 g/mol. The predicted octanol–water partition coefficient (Wildman–Crippen LogP) is 9.80. The summed E-state index contributed by atoms with van der Waals surface area (Å²) in [5.41, 5.74) is -0.359. The lowest BCUT2D eigenvalue weighted by Gasteiger charge is -2.25. The largest absolute Gasteiger partial charge is 0.381 e. The van der Waals surface area contributed by atoms with Crippen LogP contribution < -0.4 is 0 Å². The number of ether oxygens (including phenoxy) is 1. The number of halogens is 1. The van der Waals surface area contributed by atoms with E-state index in [2.05, 4.69) is 13.8 Å². The second kappa shape index (κ2) is 25.9. The quantitative estimate of drug-likeness (QED) is 0.152. The maximum atomic E-state index is 12.1. The zero-order chi connectivity index (χ0) is 30.4. The number of Topliss-reactive ketones (excluding diaryl/α,β-unsaturated/α-hetero) is 3. The Morgan fingerprint density at radius 2 is 1.05 bits per heavy atom. The van der Waals surface area contributed by atoms with Crippen molar-refractivity contribution in [3.63, 3.8) is 0 Å². The number of carbonyl (C=O) groups excluding carboxylic acids is 4. The molecule has 1 fully saturated rings. The maximum Gasteiger partial charge on any atom is 0.224 e. The summed E-state index contributed by atoms with van der Waals surface area (Å²) < 4.78 is 4.94. The van der Waals surface area contributed by atoms with Crippen molar-refractivity contribution < 1.29 is 23.9 Å². The van der Waals surface area contributed by atoms with Crippen LogP contribution in [0.3, 0.4) is 0 Å². The van der Waals surface area contributed by atoms with E-state index in [1.165, 1.54) is 12.8 Å². The summed E-state index contributed by atoms with van der Waals surface area (Å²) in [4.78, 5) is 45.2. The van der Waals surface area contributed by atoms with Gasteiger partial charge in [-0.05, 0) is 82.7 Å². The van der Waals surface area contributed by atoms with E-state index in [0.29, 0.717) is 5.78 Å². The molecule has 0 unspecified atom stereocenters. The summed E-state index contributed by atoms with van der Waals surface area (Å²) in [5, 5.41) is -0.199. The Morgan fingerprint density at radius 1 is 0.692 bits per heavy atom. The van der Waals surface area contributed by atoms with Crippen molar-refractivity contribution in [3.8, 4) is 0 Å². The molecule has 1 saturated heterocycles. The van der Waals surface area contributed by atoms with Gasteiger partial charge >= 0.3 is 0 Å². The molecule has 234 valence electrons. The van der Waals surface area contributed by atoms with Crippen molar-refractivity contribution in [1.82, 2.24) is 0 Å². The van der Waals surface area contributed by atoms with Gasteiger partial charge in [-0.25, -0.2) is 0 Å². The average molecular weight is 577 g/mol. The first-order chi connectivity index (χ1) is 17.7. The lowest BCUT2D eigenvalue weighted by molar-refractivity contribution is -0.135. The fourth-order valence-corrected chi connectivity index (χ4v) is 4.08. The lowest BCUT2D eigenvalue weighted by atomic mass is 9.77. The molecule has 1 aliphatic rings. The Labute approximate surface area is 247 Å². The van der Waals surface area contributed by atoms with E-state index in [1.54, 1.807) is 6.92 Å². The number of rotatable bonds is 14. The maximum absolute atomic E-state index is 12.1. The second-order valence-electron chi connectivity index (χ2n) is 10.8. The van der Waals surface area contributed by atoms with E-state index in [-0.39, 0.29) is 53.3 Å². The fourth-order valence-electron chi connectivity index (χ4n) is 3.77. The van der Waals surface area contributed by atoms with Gasteiger partial charge < -0.3 is 4.74 Å². The predicted molar refractivity (Wildman–Crippen MR) is 168 cm³/mol. The molecule has 1 heterocycles. The van der Waals surface area contributed by atoms with Crippen LogP contribution in [0.1, 0.15) is 154 Å². The molecule has 0 saturated carbocycles. The summed E-state index contributed by atoms with van der Waals surface area (Å²) in [7, 11) is 0. The molecule has 0 bridgehead atoms. The minimum Gasteiger partial charge on any atom is -0.381 e. The minimum absolute atomic E-state index is 0. The fraction of sp³-hybridized carbons (Fsp3) is 0.879. The molecular weight excluding hydrogens is 512 g/mol. The van der Waals surface area contributed by atoms with Crippen molar-refractivity contribution in [1.29, 1.82) is 0 Å². The van der Waals surface area contributed by atoms with Gasteiger partial charge in [0.15, 0.2) is 0 Å². The van der Waals surface area contributed by atoms with Gasteiger partial charge in [0.25, 0.3) is 0 Å². The number of hydrogen-bond donors (Lipinski definition) is 0. The third kappa shape index (κ3) is 19.6. The average Bonchev–Trinajstić information content (AvgIpc) is 3.50. The van der Waals surface area contributed by atoms with Crippen LogP contribution in [0.15, 0.2) is 0 Å². The summed E-state index contributed by atoms with van der Waals surface area (Å²) in [6.45, 7) is 23.8. The van der Waals surface area contributed by atoms with Crippen molar-refractivity contribution in [2.45, 2.75) is 154 Å². The van der Waals surface area contributed by atoms with Crippen molar-refractivity contribution in [3.05, 3.63) is 0 Å². The van der Waals surface area contributed by atoms with Gasteiger partial charge in [0.05, 0.1) is 6.42 Å².